The van der Waals surface area contributed by atoms with Gasteiger partial charge in [-0.15, -0.1) is 0 Å². The van der Waals surface area contributed by atoms with Crippen molar-refractivity contribution in [2.45, 2.75) is 31.7 Å². The van der Waals surface area contributed by atoms with Gasteiger partial charge in [-0.05, 0) is 44.0 Å². The molecule has 6 nitrogen and oxygen atoms in total. The number of halogens is 1. The second-order valence-electron chi connectivity index (χ2n) is 5.60. The molecule has 1 aromatic heterocycles. The second kappa shape index (κ2) is 5.64. The van der Waals surface area contributed by atoms with E-state index in [0.29, 0.717) is 16.8 Å². The molecular weight excluding hydrogens is 324 g/mol. The maximum absolute atomic E-state index is 11.5. The Balaban J connectivity index is 2.01. The van der Waals surface area contributed by atoms with Gasteiger partial charge in [-0.3, -0.25) is 0 Å². The van der Waals surface area contributed by atoms with E-state index in [4.69, 9.17) is 11.6 Å². The van der Waals surface area contributed by atoms with Crippen molar-refractivity contribution in [2.24, 2.45) is 0 Å². The maximum Gasteiger partial charge on any atom is 0.209 e. The second-order valence-corrected chi connectivity index (χ2v) is 7.82. The molecule has 0 spiro atoms. The van der Waals surface area contributed by atoms with Gasteiger partial charge in [-0.25, -0.2) is 22.8 Å². The molecule has 1 aliphatic carbocycles. The lowest BCUT2D eigenvalue weighted by atomic mass is 10.3. The topological polar surface area (TPSA) is 76.9 Å². The minimum Gasteiger partial charge on any atom is -0.216 e. The van der Waals surface area contributed by atoms with Gasteiger partial charge in [0.1, 0.15) is 5.82 Å². The van der Waals surface area contributed by atoms with E-state index in [0.717, 1.165) is 30.6 Å². The normalized spacial score (nSPS) is 16.7. The number of benzene rings is 1. The van der Waals surface area contributed by atoms with E-state index in [1.54, 1.807) is 23.7 Å². The van der Waals surface area contributed by atoms with Crippen molar-refractivity contribution in [3.63, 3.8) is 0 Å². The molecule has 0 amide bonds. The van der Waals surface area contributed by atoms with Crippen molar-refractivity contribution >= 4 is 21.6 Å². The first-order valence-corrected chi connectivity index (χ1v) is 9.30. The van der Waals surface area contributed by atoms with Crippen LogP contribution in [0.1, 0.15) is 43.4 Å². The predicted octanol–water partition coefficient (Wildman–Crippen LogP) is 2.41. The largest absolute Gasteiger partial charge is 0.216 e. The van der Waals surface area contributed by atoms with Crippen LogP contribution in [0.2, 0.25) is 5.02 Å². The highest BCUT2D eigenvalue weighted by molar-refractivity contribution is 7.88. The fraction of sp³-hybridized carbons (Fsp3) is 0.429. The molecule has 1 fully saturated rings. The van der Waals surface area contributed by atoms with Crippen LogP contribution in [0.5, 0.6) is 0 Å². The highest BCUT2D eigenvalue weighted by Gasteiger charge is 2.30. The maximum atomic E-state index is 11.5. The first-order valence-electron chi connectivity index (χ1n) is 7.03. The molecular formula is C14H17ClN4O2S. The van der Waals surface area contributed by atoms with Crippen LogP contribution >= 0.6 is 11.6 Å². The van der Waals surface area contributed by atoms with E-state index in [-0.39, 0.29) is 0 Å². The molecule has 2 aromatic rings. The molecule has 0 radical (unpaired) electrons. The SMILES string of the molecule is CC(NS(C)(=O)=O)c1nc(C2CC2)nn1-c1ccc(Cl)cc1. The van der Waals surface area contributed by atoms with Crippen LogP contribution < -0.4 is 4.72 Å². The van der Waals surface area contributed by atoms with Gasteiger partial charge in [0, 0.05) is 10.9 Å². The van der Waals surface area contributed by atoms with E-state index in [1.807, 2.05) is 12.1 Å². The summed E-state index contributed by atoms with van der Waals surface area (Å²) in [5.41, 5.74) is 0.806. The average Bonchev–Trinajstić information content (AvgIpc) is 3.17. The van der Waals surface area contributed by atoms with E-state index >= 15 is 0 Å². The first-order chi connectivity index (χ1) is 10.3. The highest BCUT2D eigenvalue weighted by atomic mass is 35.5. The van der Waals surface area contributed by atoms with Crippen LogP contribution in [-0.2, 0) is 10.0 Å². The fourth-order valence-electron chi connectivity index (χ4n) is 2.28. The number of rotatable bonds is 5. The van der Waals surface area contributed by atoms with Crippen LogP contribution in [0.4, 0.5) is 0 Å². The van der Waals surface area contributed by atoms with Gasteiger partial charge in [0.05, 0.1) is 18.0 Å². The number of sulfonamides is 1. The molecule has 1 heterocycles. The molecule has 3 rings (SSSR count). The van der Waals surface area contributed by atoms with Gasteiger partial charge in [0.25, 0.3) is 0 Å². The molecule has 0 bridgehead atoms. The van der Waals surface area contributed by atoms with Crippen molar-refractivity contribution in [3.05, 3.63) is 40.9 Å². The summed E-state index contributed by atoms with van der Waals surface area (Å²) < 4.78 is 27.2. The van der Waals surface area contributed by atoms with Gasteiger partial charge in [-0.1, -0.05) is 11.6 Å². The molecule has 1 atom stereocenters. The summed E-state index contributed by atoms with van der Waals surface area (Å²) in [7, 11) is -3.32. The summed E-state index contributed by atoms with van der Waals surface area (Å²) >= 11 is 5.92. The Morgan fingerprint density at radius 2 is 1.95 bits per heavy atom. The molecule has 1 aromatic carbocycles. The van der Waals surface area contributed by atoms with Crippen molar-refractivity contribution in [2.75, 3.05) is 6.26 Å². The van der Waals surface area contributed by atoms with Crippen LogP contribution in [0.15, 0.2) is 24.3 Å². The Labute approximate surface area is 134 Å². The molecule has 1 aliphatic rings. The smallest absolute Gasteiger partial charge is 0.209 e. The quantitative estimate of drug-likeness (QED) is 0.906. The summed E-state index contributed by atoms with van der Waals surface area (Å²) in [6, 6.07) is 6.75. The molecule has 22 heavy (non-hydrogen) atoms. The lowest BCUT2D eigenvalue weighted by molar-refractivity contribution is 0.560. The Hall–Kier alpha value is -1.44. The van der Waals surface area contributed by atoms with E-state index in [9.17, 15) is 8.42 Å². The lowest BCUT2D eigenvalue weighted by Crippen LogP contribution is -2.27. The zero-order valence-electron chi connectivity index (χ0n) is 12.3. The monoisotopic (exact) mass is 340 g/mol. The van der Waals surface area contributed by atoms with Crippen LogP contribution in [-0.4, -0.2) is 29.4 Å². The minimum absolute atomic E-state index is 0.387. The summed E-state index contributed by atoms with van der Waals surface area (Å²) in [6.07, 6.45) is 3.30. The van der Waals surface area contributed by atoms with Crippen LogP contribution in [0.3, 0.4) is 0 Å². The number of hydrogen-bond donors (Lipinski definition) is 1. The number of hydrogen-bond acceptors (Lipinski definition) is 4. The molecule has 0 aliphatic heterocycles. The van der Waals surface area contributed by atoms with Gasteiger partial charge in [0.2, 0.25) is 10.0 Å². The fourth-order valence-corrected chi connectivity index (χ4v) is 3.16. The third-order valence-corrected chi connectivity index (χ3v) is 4.47. The zero-order chi connectivity index (χ0) is 15.9. The van der Waals surface area contributed by atoms with Crippen LogP contribution in [0, 0.1) is 0 Å². The molecule has 0 saturated heterocycles. The summed E-state index contributed by atoms with van der Waals surface area (Å²) in [5.74, 6) is 1.74. The Morgan fingerprint density at radius 3 is 2.50 bits per heavy atom. The molecule has 1 saturated carbocycles. The van der Waals surface area contributed by atoms with Gasteiger partial charge in [-0.2, -0.15) is 5.10 Å². The lowest BCUT2D eigenvalue weighted by Gasteiger charge is -2.13. The Bertz CT molecular complexity index is 782. The molecule has 1 unspecified atom stereocenters. The van der Waals surface area contributed by atoms with E-state index in [2.05, 4.69) is 14.8 Å². The number of nitrogens with zero attached hydrogens (tertiary/aromatic N) is 3. The van der Waals surface area contributed by atoms with Crippen molar-refractivity contribution in [1.29, 1.82) is 0 Å². The third kappa shape index (κ3) is 3.48. The van der Waals surface area contributed by atoms with E-state index in [1.165, 1.54) is 0 Å². The van der Waals surface area contributed by atoms with Crippen molar-refractivity contribution in [1.82, 2.24) is 19.5 Å². The summed E-state index contributed by atoms with van der Waals surface area (Å²) in [4.78, 5) is 4.55. The standard InChI is InChI=1S/C14H17ClN4O2S/c1-9(18-22(2,20)21)14-16-13(10-3-4-10)17-19(14)12-7-5-11(15)6-8-12/h5-10,18H,3-4H2,1-2H3. The molecule has 8 heteroatoms. The zero-order valence-corrected chi connectivity index (χ0v) is 13.9. The van der Waals surface area contributed by atoms with Crippen LogP contribution in [0.25, 0.3) is 5.69 Å². The number of aromatic nitrogens is 3. The minimum atomic E-state index is -3.32. The Kier molecular flexibility index (Phi) is 3.96. The highest BCUT2D eigenvalue weighted by Crippen LogP contribution is 2.38. The van der Waals surface area contributed by atoms with Crippen molar-refractivity contribution in [3.8, 4) is 5.69 Å². The third-order valence-electron chi connectivity index (χ3n) is 3.44. The van der Waals surface area contributed by atoms with Gasteiger partial charge in [0.15, 0.2) is 5.82 Å². The first kappa shape index (κ1) is 15.5. The van der Waals surface area contributed by atoms with Gasteiger partial charge < -0.3 is 0 Å². The Morgan fingerprint density at radius 1 is 1.32 bits per heavy atom. The molecule has 1 N–H and O–H groups in total. The van der Waals surface area contributed by atoms with Gasteiger partial charge >= 0.3 is 0 Å². The number of nitrogens with one attached hydrogen (secondary N) is 1. The van der Waals surface area contributed by atoms with E-state index < -0.39 is 16.1 Å². The predicted molar refractivity (Wildman–Crippen MR) is 84.7 cm³/mol. The average molecular weight is 341 g/mol. The summed E-state index contributed by atoms with van der Waals surface area (Å²) in [6.45, 7) is 1.76. The molecule has 118 valence electrons. The van der Waals surface area contributed by atoms with Crippen molar-refractivity contribution < 1.29 is 8.42 Å². The summed E-state index contributed by atoms with van der Waals surface area (Å²) in [5, 5.41) is 5.19.